The molecule has 0 aliphatic rings. The zero-order chi connectivity index (χ0) is 15.0. The van der Waals surface area contributed by atoms with Crippen LogP contribution in [0.4, 0.5) is 4.39 Å². The van der Waals surface area contributed by atoms with Gasteiger partial charge >= 0.3 is 0 Å². The van der Waals surface area contributed by atoms with Gasteiger partial charge in [0, 0.05) is 24.2 Å². The average Bonchev–Trinajstić information content (AvgIpc) is 2.85. The molecule has 4 heteroatoms. The molecule has 2 aromatic carbocycles. The zero-order valence-electron chi connectivity index (χ0n) is 12.2. The van der Waals surface area contributed by atoms with Crippen LogP contribution in [0.2, 0.25) is 0 Å². The number of hydrogen-bond donors (Lipinski definition) is 1. The number of aromatic nitrogens is 2. The van der Waals surface area contributed by atoms with Crippen molar-refractivity contribution in [1.29, 1.82) is 0 Å². The number of nitrogens with two attached hydrogens (primary N) is 1. The van der Waals surface area contributed by atoms with Crippen LogP contribution in [0.5, 0.6) is 0 Å². The summed E-state index contributed by atoms with van der Waals surface area (Å²) in [5.41, 5.74) is 9.39. The van der Waals surface area contributed by atoms with E-state index < -0.39 is 0 Å². The fourth-order valence-electron chi connectivity index (χ4n) is 2.64. The molecule has 3 rings (SSSR count). The number of benzene rings is 2. The molecule has 0 amide bonds. The maximum Gasteiger partial charge on any atom is 0.141 e. The molecule has 0 bridgehead atoms. The quantitative estimate of drug-likeness (QED) is 0.792. The Kier molecular flexibility index (Phi) is 3.47. The molecule has 0 saturated heterocycles. The SMILES string of the molecule is CC(C)n1c(-c2cccc(CN)c2)nc2cc(F)ccc21. The number of nitrogens with zero attached hydrogens (tertiary/aromatic N) is 2. The Morgan fingerprint density at radius 1 is 1.19 bits per heavy atom. The summed E-state index contributed by atoms with van der Waals surface area (Å²) in [4.78, 5) is 4.62. The van der Waals surface area contributed by atoms with E-state index in [0.717, 1.165) is 22.5 Å². The summed E-state index contributed by atoms with van der Waals surface area (Å²) in [7, 11) is 0. The first-order valence-electron chi connectivity index (χ1n) is 7.07. The van der Waals surface area contributed by atoms with Crippen molar-refractivity contribution < 1.29 is 4.39 Å². The molecule has 21 heavy (non-hydrogen) atoms. The highest BCUT2D eigenvalue weighted by molar-refractivity contribution is 5.81. The van der Waals surface area contributed by atoms with Crippen molar-refractivity contribution in [2.24, 2.45) is 5.73 Å². The lowest BCUT2D eigenvalue weighted by atomic mass is 10.1. The molecule has 0 atom stereocenters. The van der Waals surface area contributed by atoms with E-state index in [-0.39, 0.29) is 11.9 Å². The fourth-order valence-corrected chi connectivity index (χ4v) is 2.64. The minimum atomic E-state index is -0.266. The average molecular weight is 283 g/mol. The molecule has 108 valence electrons. The van der Waals surface area contributed by atoms with Crippen LogP contribution in [-0.2, 0) is 6.54 Å². The van der Waals surface area contributed by atoms with Crippen molar-refractivity contribution in [3.05, 3.63) is 53.8 Å². The highest BCUT2D eigenvalue weighted by Crippen LogP contribution is 2.29. The Morgan fingerprint density at radius 2 is 2.00 bits per heavy atom. The van der Waals surface area contributed by atoms with Crippen LogP contribution in [0, 0.1) is 5.82 Å². The molecule has 0 fully saturated rings. The first-order valence-corrected chi connectivity index (χ1v) is 7.07. The van der Waals surface area contributed by atoms with Crippen LogP contribution in [0.3, 0.4) is 0 Å². The van der Waals surface area contributed by atoms with E-state index in [1.54, 1.807) is 6.07 Å². The maximum absolute atomic E-state index is 13.4. The van der Waals surface area contributed by atoms with Gasteiger partial charge in [-0.1, -0.05) is 18.2 Å². The number of fused-ring (bicyclic) bond motifs is 1. The molecule has 0 saturated carbocycles. The summed E-state index contributed by atoms with van der Waals surface area (Å²) in [5, 5.41) is 0. The molecular weight excluding hydrogens is 265 g/mol. The molecular formula is C17H18FN3. The molecule has 1 aromatic heterocycles. The van der Waals surface area contributed by atoms with Crippen molar-refractivity contribution in [2.45, 2.75) is 26.4 Å². The summed E-state index contributed by atoms with van der Waals surface area (Å²) in [6.45, 7) is 4.69. The van der Waals surface area contributed by atoms with E-state index >= 15 is 0 Å². The van der Waals surface area contributed by atoms with Crippen LogP contribution < -0.4 is 5.73 Å². The smallest absolute Gasteiger partial charge is 0.141 e. The van der Waals surface area contributed by atoms with Gasteiger partial charge in [-0.05, 0) is 37.6 Å². The van der Waals surface area contributed by atoms with Gasteiger partial charge < -0.3 is 10.3 Å². The first-order chi connectivity index (χ1) is 10.1. The number of hydrogen-bond acceptors (Lipinski definition) is 2. The molecule has 0 aliphatic carbocycles. The first kappa shape index (κ1) is 13.8. The summed E-state index contributed by atoms with van der Waals surface area (Å²) in [5.74, 6) is 0.582. The second kappa shape index (κ2) is 5.30. The Morgan fingerprint density at radius 3 is 2.71 bits per heavy atom. The van der Waals surface area contributed by atoms with Crippen molar-refractivity contribution in [3.8, 4) is 11.4 Å². The molecule has 1 heterocycles. The van der Waals surface area contributed by atoms with Gasteiger partial charge in [-0.3, -0.25) is 0 Å². The fraction of sp³-hybridized carbons (Fsp3) is 0.235. The largest absolute Gasteiger partial charge is 0.326 e. The van der Waals surface area contributed by atoms with E-state index in [4.69, 9.17) is 5.73 Å². The Labute approximate surface area is 123 Å². The summed E-state index contributed by atoms with van der Waals surface area (Å²) < 4.78 is 15.6. The van der Waals surface area contributed by atoms with Gasteiger partial charge in [0.15, 0.2) is 0 Å². The predicted molar refractivity (Wildman–Crippen MR) is 83.4 cm³/mol. The van der Waals surface area contributed by atoms with E-state index in [0.29, 0.717) is 12.1 Å². The molecule has 0 aliphatic heterocycles. The van der Waals surface area contributed by atoms with Crippen LogP contribution in [0.25, 0.3) is 22.4 Å². The van der Waals surface area contributed by atoms with Crippen LogP contribution in [-0.4, -0.2) is 9.55 Å². The molecule has 3 nitrogen and oxygen atoms in total. The molecule has 3 aromatic rings. The third kappa shape index (κ3) is 2.43. The molecule has 0 radical (unpaired) electrons. The van der Waals surface area contributed by atoms with Crippen molar-refractivity contribution >= 4 is 11.0 Å². The standard InChI is InChI=1S/C17H18FN3/c1-11(2)21-16-7-6-14(18)9-15(16)20-17(21)13-5-3-4-12(8-13)10-19/h3-9,11H,10,19H2,1-2H3. The molecule has 0 spiro atoms. The highest BCUT2D eigenvalue weighted by Gasteiger charge is 2.15. The minimum absolute atomic E-state index is 0.233. The van der Waals surface area contributed by atoms with Crippen LogP contribution in [0.15, 0.2) is 42.5 Å². The highest BCUT2D eigenvalue weighted by atomic mass is 19.1. The number of rotatable bonds is 3. The summed E-state index contributed by atoms with van der Waals surface area (Å²) in [6, 6.07) is 13.0. The third-order valence-corrected chi connectivity index (χ3v) is 3.59. The van der Waals surface area contributed by atoms with Gasteiger partial charge in [0.1, 0.15) is 11.6 Å². The molecule has 0 unspecified atom stereocenters. The zero-order valence-corrected chi connectivity index (χ0v) is 12.2. The van der Waals surface area contributed by atoms with Crippen molar-refractivity contribution in [3.63, 3.8) is 0 Å². The van der Waals surface area contributed by atoms with Gasteiger partial charge in [0.25, 0.3) is 0 Å². The lowest BCUT2D eigenvalue weighted by molar-refractivity contribution is 0.620. The Balaban J connectivity index is 2.27. The van der Waals surface area contributed by atoms with Crippen LogP contribution in [0.1, 0.15) is 25.5 Å². The monoisotopic (exact) mass is 283 g/mol. The van der Waals surface area contributed by atoms with Gasteiger partial charge in [-0.15, -0.1) is 0 Å². The minimum Gasteiger partial charge on any atom is -0.326 e. The summed E-state index contributed by atoms with van der Waals surface area (Å²) in [6.07, 6.45) is 0. The Bertz CT molecular complexity index is 790. The van der Waals surface area contributed by atoms with Gasteiger partial charge in [0.05, 0.1) is 11.0 Å². The topological polar surface area (TPSA) is 43.8 Å². The summed E-state index contributed by atoms with van der Waals surface area (Å²) >= 11 is 0. The normalized spacial score (nSPS) is 11.5. The predicted octanol–water partition coefficient (Wildman–Crippen LogP) is 3.88. The van der Waals surface area contributed by atoms with Gasteiger partial charge in [0.2, 0.25) is 0 Å². The van der Waals surface area contributed by atoms with E-state index in [2.05, 4.69) is 23.4 Å². The number of imidazole rings is 1. The molecule has 2 N–H and O–H groups in total. The maximum atomic E-state index is 13.4. The Hall–Kier alpha value is -2.20. The lowest BCUT2D eigenvalue weighted by Gasteiger charge is -2.13. The second-order valence-corrected chi connectivity index (χ2v) is 5.44. The van der Waals surface area contributed by atoms with E-state index in [1.165, 1.54) is 12.1 Å². The van der Waals surface area contributed by atoms with Crippen LogP contribution >= 0.6 is 0 Å². The van der Waals surface area contributed by atoms with Gasteiger partial charge in [-0.25, -0.2) is 9.37 Å². The van der Waals surface area contributed by atoms with Crippen molar-refractivity contribution in [2.75, 3.05) is 0 Å². The number of halogens is 1. The van der Waals surface area contributed by atoms with E-state index in [9.17, 15) is 4.39 Å². The van der Waals surface area contributed by atoms with Gasteiger partial charge in [-0.2, -0.15) is 0 Å². The van der Waals surface area contributed by atoms with Crippen molar-refractivity contribution in [1.82, 2.24) is 9.55 Å². The van der Waals surface area contributed by atoms with E-state index in [1.807, 2.05) is 24.3 Å². The second-order valence-electron chi connectivity index (χ2n) is 5.44. The third-order valence-electron chi connectivity index (χ3n) is 3.59. The lowest BCUT2D eigenvalue weighted by Crippen LogP contribution is -2.04.